The van der Waals surface area contributed by atoms with E-state index in [1.54, 1.807) is 0 Å². The molecule has 6 heteroatoms. The molecule has 0 aliphatic carbocycles. The Morgan fingerprint density at radius 3 is 2.17 bits per heavy atom. The Balaban J connectivity index is 1.26. The average Bonchev–Trinajstić information content (AvgIpc) is 2.79. The summed E-state index contributed by atoms with van der Waals surface area (Å²) in [6.07, 6.45) is 1.34. The molecule has 0 spiro atoms. The van der Waals surface area contributed by atoms with Gasteiger partial charge in [0, 0.05) is 38.7 Å². The summed E-state index contributed by atoms with van der Waals surface area (Å²) in [6.45, 7) is 2.92. The van der Waals surface area contributed by atoms with Crippen molar-refractivity contribution in [2.24, 2.45) is 0 Å². The number of benzene rings is 2. The molecular weight excluding hydrogens is 364 g/mol. The summed E-state index contributed by atoms with van der Waals surface area (Å²) in [7, 11) is 0. The minimum Gasteiger partial charge on any atom is -0.438 e. The number of hydrogen-bond acceptors (Lipinski definition) is 5. The minimum atomic E-state index is 0.214. The van der Waals surface area contributed by atoms with Crippen molar-refractivity contribution in [2.45, 2.75) is 12.8 Å². The number of carbonyl (C=O) groups is 1. The quantitative estimate of drug-likeness (QED) is 0.646. The molecule has 2 aromatic carbocycles. The predicted molar refractivity (Wildman–Crippen MR) is 112 cm³/mol. The number of nitrogens with zero attached hydrogens (tertiary/aromatic N) is 4. The molecule has 4 rings (SSSR count). The Hall–Kier alpha value is -3.41. The Labute approximate surface area is 170 Å². The first-order valence-corrected chi connectivity index (χ1v) is 9.91. The summed E-state index contributed by atoms with van der Waals surface area (Å²) < 4.78 is 5.69. The highest BCUT2D eigenvalue weighted by molar-refractivity contribution is 5.76. The van der Waals surface area contributed by atoms with E-state index < -0.39 is 0 Å². The van der Waals surface area contributed by atoms with Crippen LogP contribution < -0.4 is 9.64 Å². The van der Waals surface area contributed by atoms with Gasteiger partial charge in [-0.25, -0.2) is 0 Å². The van der Waals surface area contributed by atoms with E-state index in [-0.39, 0.29) is 5.91 Å². The molecule has 0 unspecified atom stereocenters. The maximum atomic E-state index is 12.5. The molecule has 3 aromatic rings. The number of ether oxygens (including phenoxy) is 1. The van der Waals surface area contributed by atoms with Crippen molar-refractivity contribution in [2.75, 3.05) is 31.1 Å². The molecule has 6 nitrogen and oxygen atoms in total. The van der Waals surface area contributed by atoms with E-state index in [1.165, 1.54) is 5.56 Å². The molecule has 148 valence electrons. The highest BCUT2D eigenvalue weighted by atomic mass is 16.5. The van der Waals surface area contributed by atoms with Gasteiger partial charge in [-0.15, -0.1) is 10.2 Å². The van der Waals surface area contributed by atoms with Crippen LogP contribution in [0.1, 0.15) is 12.0 Å². The summed E-state index contributed by atoms with van der Waals surface area (Å²) in [4.78, 5) is 16.6. The molecule has 1 aromatic heterocycles. The molecular formula is C23H24N4O2. The van der Waals surface area contributed by atoms with E-state index in [2.05, 4.69) is 27.2 Å². The van der Waals surface area contributed by atoms with Crippen LogP contribution in [0, 0.1) is 0 Å². The molecule has 0 saturated carbocycles. The standard InChI is InChI=1S/C23H24N4O2/c28-23(14-11-19-7-3-1-4-8-19)27-17-15-26(16-18-27)21-12-13-22(25-24-21)29-20-9-5-2-6-10-20/h1-10,12-13H,11,14-18H2. The summed E-state index contributed by atoms with van der Waals surface area (Å²) in [5.74, 6) is 2.22. The maximum Gasteiger partial charge on any atom is 0.238 e. The third kappa shape index (κ3) is 5.10. The zero-order chi connectivity index (χ0) is 19.9. The monoisotopic (exact) mass is 388 g/mol. The van der Waals surface area contributed by atoms with Gasteiger partial charge in [0.25, 0.3) is 0 Å². The highest BCUT2D eigenvalue weighted by Gasteiger charge is 2.22. The van der Waals surface area contributed by atoms with Gasteiger partial charge < -0.3 is 14.5 Å². The lowest BCUT2D eigenvalue weighted by molar-refractivity contribution is -0.131. The van der Waals surface area contributed by atoms with Gasteiger partial charge in [-0.05, 0) is 30.2 Å². The molecule has 2 heterocycles. The lowest BCUT2D eigenvalue weighted by atomic mass is 10.1. The topological polar surface area (TPSA) is 58.6 Å². The van der Waals surface area contributed by atoms with Gasteiger partial charge in [-0.3, -0.25) is 4.79 Å². The second-order valence-corrected chi connectivity index (χ2v) is 7.00. The summed E-state index contributed by atoms with van der Waals surface area (Å²) >= 11 is 0. The van der Waals surface area contributed by atoms with Crippen molar-refractivity contribution in [3.8, 4) is 11.6 Å². The molecule has 1 aliphatic heterocycles. The number of amides is 1. The fraction of sp³-hybridized carbons (Fsp3) is 0.261. The van der Waals surface area contributed by atoms with Gasteiger partial charge in [0.1, 0.15) is 5.75 Å². The van der Waals surface area contributed by atoms with Crippen molar-refractivity contribution >= 4 is 11.7 Å². The number of para-hydroxylation sites is 1. The second kappa shape index (κ2) is 9.19. The minimum absolute atomic E-state index is 0.214. The smallest absolute Gasteiger partial charge is 0.238 e. The summed E-state index contributed by atoms with van der Waals surface area (Å²) in [5, 5.41) is 8.46. The first-order chi connectivity index (χ1) is 14.3. The van der Waals surface area contributed by atoms with Crippen molar-refractivity contribution in [1.29, 1.82) is 0 Å². The number of hydrogen-bond donors (Lipinski definition) is 0. The zero-order valence-corrected chi connectivity index (χ0v) is 16.3. The number of piperazine rings is 1. The van der Waals surface area contributed by atoms with E-state index in [0.29, 0.717) is 25.4 Å². The van der Waals surface area contributed by atoms with Crippen LogP contribution in [0.15, 0.2) is 72.8 Å². The van der Waals surface area contributed by atoms with E-state index in [1.807, 2.05) is 65.6 Å². The van der Waals surface area contributed by atoms with Crippen LogP contribution in [0.5, 0.6) is 11.6 Å². The summed E-state index contributed by atoms with van der Waals surface area (Å²) in [6, 6.07) is 23.4. The fourth-order valence-corrected chi connectivity index (χ4v) is 3.38. The van der Waals surface area contributed by atoms with Crippen molar-refractivity contribution < 1.29 is 9.53 Å². The zero-order valence-electron chi connectivity index (χ0n) is 16.3. The van der Waals surface area contributed by atoms with Crippen LogP contribution in [0.2, 0.25) is 0 Å². The van der Waals surface area contributed by atoms with Gasteiger partial charge in [0.05, 0.1) is 0 Å². The fourth-order valence-electron chi connectivity index (χ4n) is 3.38. The number of rotatable bonds is 6. The van der Waals surface area contributed by atoms with Crippen LogP contribution in [0.4, 0.5) is 5.82 Å². The first-order valence-electron chi connectivity index (χ1n) is 9.91. The van der Waals surface area contributed by atoms with E-state index in [0.717, 1.165) is 31.1 Å². The molecule has 0 N–H and O–H groups in total. The first kappa shape index (κ1) is 18.9. The lowest BCUT2D eigenvalue weighted by Gasteiger charge is -2.35. The van der Waals surface area contributed by atoms with Crippen molar-refractivity contribution in [3.05, 3.63) is 78.4 Å². The maximum absolute atomic E-state index is 12.5. The Kier molecular flexibility index (Phi) is 6.00. The molecule has 0 radical (unpaired) electrons. The number of aryl methyl sites for hydroxylation is 1. The lowest BCUT2D eigenvalue weighted by Crippen LogP contribution is -2.49. The van der Waals surface area contributed by atoms with E-state index in [9.17, 15) is 4.79 Å². The van der Waals surface area contributed by atoms with Crippen molar-refractivity contribution in [3.63, 3.8) is 0 Å². The van der Waals surface area contributed by atoms with Crippen LogP contribution >= 0.6 is 0 Å². The molecule has 29 heavy (non-hydrogen) atoms. The molecule has 0 atom stereocenters. The second-order valence-electron chi connectivity index (χ2n) is 7.00. The Morgan fingerprint density at radius 1 is 0.828 bits per heavy atom. The van der Waals surface area contributed by atoms with Gasteiger partial charge in [0.15, 0.2) is 5.82 Å². The van der Waals surface area contributed by atoms with Crippen molar-refractivity contribution in [1.82, 2.24) is 15.1 Å². The molecule has 0 bridgehead atoms. The molecule has 1 amide bonds. The largest absolute Gasteiger partial charge is 0.438 e. The third-order valence-corrected chi connectivity index (χ3v) is 5.02. The molecule has 1 aliphatic rings. The van der Waals surface area contributed by atoms with Gasteiger partial charge in [0.2, 0.25) is 11.8 Å². The number of anilines is 1. The van der Waals surface area contributed by atoms with E-state index in [4.69, 9.17) is 4.74 Å². The van der Waals surface area contributed by atoms with E-state index >= 15 is 0 Å². The van der Waals surface area contributed by atoms with Gasteiger partial charge in [-0.1, -0.05) is 48.5 Å². The molecule has 1 fully saturated rings. The predicted octanol–water partition coefficient (Wildman–Crippen LogP) is 3.55. The number of aromatic nitrogens is 2. The summed E-state index contributed by atoms with van der Waals surface area (Å²) in [5.41, 5.74) is 1.20. The van der Waals surface area contributed by atoms with Crippen LogP contribution in [0.3, 0.4) is 0 Å². The third-order valence-electron chi connectivity index (χ3n) is 5.02. The SMILES string of the molecule is O=C(CCc1ccccc1)N1CCN(c2ccc(Oc3ccccc3)nn2)CC1. The van der Waals surface area contributed by atoms with Crippen LogP contribution in [-0.2, 0) is 11.2 Å². The normalized spacial score (nSPS) is 13.9. The van der Waals surface area contributed by atoms with Gasteiger partial charge >= 0.3 is 0 Å². The number of carbonyl (C=O) groups excluding carboxylic acids is 1. The highest BCUT2D eigenvalue weighted by Crippen LogP contribution is 2.20. The average molecular weight is 388 g/mol. The Bertz CT molecular complexity index is 909. The van der Waals surface area contributed by atoms with Crippen LogP contribution in [0.25, 0.3) is 0 Å². The molecule has 1 saturated heterocycles. The Morgan fingerprint density at radius 2 is 1.52 bits per heavy atom. The van der Waals surface area contributed by atoms with Crippen LogP contribution in [-0.4, -0.2) is 47.2 Å². The van der Waals surface area contributed by atoms with Gasteiger partial charge in [-0.2, -0.15) is 0 Å².